The summed E-state index contributed by atoms with van der Waals surface area (Å²) in [5, 5.41) is 5.03. The zero-order valence-corrected chi connectivity index (χ0v) is 31.3. The van der Waals surface area contributed by atoms with Gasteiger partial charge >= 0.3 is 11.7 Å². The van der Waals surface area contributed by atoms with E-state index >= 15 is 13.2 Å². The Balaban J connectivity index is 1.14. The molecular formula is C44H34F6N4O3S. The number of piperidine rings is 1. The highest BCUT2D eigenvalue weighted by Crippen LogP contribution is 2.45. The van der Waals surface area contributed by atoms with Gasteiger partial charge in [-0.2, -0.15) is 31.4 Å². The van der Waals surface area contributed by atoms with E-state index in [1.54, 1.807) is 24.4 Å². The maximum absolute atomic E-state index is 15.2. The van der Waals surface area contributed by atoms with Crippen LogP contribution in [-0.2, 0) is 21.6 Å². The van der Waals surface area contributed by atoms with Crippen LogP contribution in [0.15, 0.2) is 157 Å². The molecule has 0 unspecified atom stereocenters. The first-order valence-electron chi connectivity index (χ1n) is 18.3. The Hall–Kier alpha value is -6.15. The molecule has 8 rings (SSSR count). The standard InChI is InChI=1S/C44H34F6N4O3S/c45-43(46,47)41-38(29-54(52-41)42(31-10-4-1-5-11-31,32-12-6-2-7-13-32)33-14-8-3-9-15-33)30-16-21-39-37(28-30)40(22-25-51-39)53-26-23-35(24-27-53)57-34-17-19-36(20-18-34)58(55,56)44(48,49)50/h1-22,25,28-29,35H,23-24,26-27H2. The number of ether oxygens (including phenoxy) is 1. The lowest BCUT2D eigenvalue weighted by atomic mass is 9.77. The minimum absolute atomic E-state index is 0.0995. The number of fused-ring (bicyclic) bond motifs is 1. The number of alkyl halides is 6. The first-order valence-corrected chi connectivity index (χ1v) is 19.8. The Morgan fingerprint density at radius 1 is 0.672 bits per heavy atom. The number of nitrogens with zero attached hydrogens (tertiary/aromatic N) is 4. The maximum Gasteiger partial charge on any atom is 0.501 e. The van der Waals surface area contributed by atoms with E-state index in [0.717, 1.165) is 34.5 Å². The van der Waals surface area contributed by atoms with Crippen LogP contribution in [0.2, 0.25) is 0 Å². The van der Waals surface area contributed by atoms with E-state index in [1.807, 2.05) is 97.1 Å². The first kappa shape index (κ1) is 38.7. The minimum Gasteiger partial charge on any atom is -0.490 e. The van der Waals surface area contributed by atoms with Gasteiger partial charge in [0.1, 0.15) is 17.4 Å². The zero-order valence-electron chi connectivity index (χ0n) is 30.5. The number of hydrogen-bond donors (Lipinski definition) is 0. The molecule has 0 N–H and O–H groups in total. The number of sulfone groups is 1. The van der Waals surface area contributed by atoms with Gasteiger partial charge in [-0.25, -0.2) is 8.42 Å². The van der Waals surface area contributed by atoms with Crippen LogP contribution in [0, 0.1) is 0 Å². The molecule has 1 fully saturated rings. The second kappa shape index (κ2) is 15.0. The van der Waals surface area contributed by atoms with Crippen molar-refractivity contribution in [3.8, 4) is 16.9 Å². The maximum atomic E-state index is 15.2. The van der Waals surface area contributed by atoms with Crippen LogP contribution in [0.1, 0.15) is 35.2 Å². The molecule has 1 aliphatic heterocycles. The summed E-state index contributed by atoms with van der Waals surface area (Å²) in [6.07, 6.45) is -0.984. The Morgan fingerprint density at radius 2 is 1.22 bits per heavy atom. The largest absolute Gasteiger partial charge is 0.501 e. The number of rotatable bonds is 9. The fraction of sp³-hybridized carbons (Fsp3) is 0.182. The molecule has 7 nitrogen and oxygen atoms in total. The number of aromatic nitrogens is 3. The van der Waals surface area contributed by atoms with Gasteiger partial charge in [0.2, 0.25) is 0 Å². The highest BCUT2D eigenvalue weighted by Gasteiger charge is 2.47. The summed E-state index contributed by atoms with van der Waals surface area (Å²) in [6, 6.07) is 39.0. The third-order valence-corrected chi connectivity index (χ3v) is 12.0. The van der Waals surface area contributed by atoms with Gasteiger partial charge in [-0.05, 0) is 64.7 Å². The average molecular weight is 813 g/mol. The van der Waals surface area contributed by atoms with E-state index in [9.17, 15) is 21.6 Å². The van der Waals surface area contributed by atoms with Crippen molar-refractivity contribution < 1.29 is 39.5 Å². The molecule has 5 aromatic carbocycles. The van der Waals surface area contributed by atoms with E-state index in [2.05, 4.69) is 15.0 Å². The Morgan fingerprint density at radius 3 is 1.74 bits per heavy atom. The molecule has 0 radical (unpaired) electrons. The summed E-state index contributed by atoms with van der Waals surface area (Å²) >= 11 is 0. The van der Waals surface area contributed by atoms with Gasteiger partial charge in [0, 0.05) is 55.0 Å². The number of benzene rings is 5. The molecule has 0 amide bonds. The van der Waals surface area contributed by atoms with E-state index in [0.29, 0.717) is 42.4 Å². The summed E-state index contributed by atoms with van der Waals surface area (Å²) < 4.78 is 115. The van der Waals surface area contributed by atoms with Gasteiger partial charge in [0.15, 0.2) is 5.69 Å². The van der Waals surface area contributed by atoms with Crippen molar-refractivity contribution in [2.24, 2.45) is 0 Å². The third-order valence-electron chi connectivity index (χ3n) is 10.5. The fourth-order valence-corrected chi connectivity index (χ4v) is 8.48. The summed E-state index contributed by atoms with van der Waals surface area (Å²) in [6.45, 7) is 0.988. The monoisotopic (exact) mass is 812 g/mol. The van der Waals surface area contributed by atoms with Gasteiger partial charge in [-0.1, -0.05) is 97.1 Å². The number of hydrogen-bond acceptors (Lipinski definition) is 6. The normalized spacial score (nSPS) is 14.5. The van der Waals surface area contributed by atoms with E-state index in [1.165, 1.54) is 23.0 Å². The molecule has 1 saturated heterocycles. The molecule has 0 atom stereocenters. The van der Waals surface area contributed by atoms with Crippen molar-refractivity contribution in [3.05, 3.63) is 174 Å². The topological polar surface area (TPSA) is 77.3 Å². The molecule has 1 aliphatic rings. The average Bonchev–Trinajstić information content (AvgIpc) is 3.69. The van der Waals surface area contributed by atoms with Crippen molar-refractivity contribution in [3.63, 3.8) is 0 Å². The van der Waals surface area contributed by atoms with Gasteiger partial charge in [-0.3, -0.25) is 9.67 Å². The highest BCUT2D eigenvalue weighted by molar-refractivity contribution is 7.92. The van der Waals surface area contributed by atoms with Gasteiger partial charge in [-0.15, -0.1) is 0 Å². The highest BCUT2D eigenvalue weighted by atomic mass is 32.2. The first-order chi connectivity index (χ1) is 27.8. The fourth-order valence-electron chi connectivity index (χ4n) is 7.71. The van der Waals surface area contributed by atoms with E-state index < -0.39 is 37.7 Å². The summed E-state index contributed by atoms with van der Waals surface area (Å²) in [4.78, 5) is 5.73. The summed E-state index contributed by atoms with van der Waals surface area (Å²) in [5.41, 5.74) is -4.01. The zero-order chi connectivity index (χ0) is 40.7. The van der Waals surface area contributed by atoms with Gasteiger partial charge in [0.05, 0.1) is 10.4 Å². The molecule has 14 heteroatoms. The van der Waals surface area contributed by atoms with Crippen LogP contribution in [0.25, 0.3) is 22.0 Å². The Kier molecular flexibility index (Phi) is 10.00. The molecule has 58 heavy (non-hydrogen) atoms. The summed E-state index contributed by atoms with van der Waals surface area (Å²) in [5.74, 6) is 0.232. The number of anilines is 1. The van der Waals surface area contributed by atoms with Crippen LogP contribution in [0.4, 0.5) is 32.0 Å². The van der Waals surface area contributed by atoms with Crippen molar-refractivity contribution in [1.82, 2.24) is 14.8 Å². The molecule has 7 aromatic rings. The van der Waals surface area contributed by atoms with Crippen molar-refractivity contribution in [2.75, 3.05) is 18.0 Å². The van der Waals surface area contributed by atoms with Crippen LogP contribution in [-0.4, -0.2) is 47.9 Å². The van der Waals surface area contributed by atoms with Crippen LogP contribution >= 0.6 is 0 Å². The quantitative estimate of drug-likeness (QED) is 0.107. The SMILES string of the molecule is O=S(=O)(c1ccc(OC2CCN(c3ccnc4ccc(-c5cn(C(c6ccccc6)(c6ccccc6)c6ccccc6)nc5C(F)(F)F)cc34)CC2)cc1)C(F)(F)F. The predicted molar refractivity (Wildman–Crippen MR) is 208 cm³/mol. The lowest BCUT2D eigenvalue weighted by Gasteiger charge is -2.36. The van der Waals surface area contributed by atoms with Crippen LogP contribution in [0.5, 0.6) is 5.75 Å². The lowest BCUT2D eigenvalue weighted by molar-refractivity contribution is -0.141. The van der Waals surface area contributed by atoms with Crippen LogP contribution in [0.3, 0.4) is 0 Å². The predicted octanol–water partition coefficient (Wildman–Crippen LogP) is 10.3. The van der Waals surface area contributed by atoms with E-state index in [4.69, 9.17) is 4.74 Å². The Bertz CT molecular complexity index is 2550. The molecular weight excluding hydrogens is 779 g/mol. The molecule has 0 saturated carbocycles. The molecule has 0 aliphatic carbocycles. The van der Waals surface area contributed by atoms with E-state index in [-0.39, 0.29) is 17.4 Å². The third kappa shape index (κ3) is 7.06. The number of halogens is 6. The second-order valence-electron chi connectivity index (χ2n) is 13.9. The lowest BCUT2D eigenvalue weighted by Crippen LogP contribution is -2.38. The van der Waals surface area contributed by atoms with Crippen molar-refractivity contribution in [2.45, 2.75) is 41.1 Å². The van der Waals surface area contributed by atoms with Crippen LogP contribution < -0.4 is 9.64 Å². The molecule has 0 spiro atoms. The van der Waals surface area contributed by atoms with Crippen molar-refractivity contribution in [1.29, 1.82) is 0 Å². The second-order valence-corrected chi connectivity index (χ2v) is 15.9. The number of pyridine rings is 1. The molecule has 3 heterocycles. The van der Waals surface area contributed by atoms with Crippen molar-refractivity contribution >= 4 is 26.4 Å². The Labute approximate surface area is 330 Å². The summed E-state index contributed by atoms with van der Waals surface area (Å²) in [7, 11) is -5.48. The minimum atomic E-state index is -5.48. The molecule has 0 bridgehead atoms. The molecule has 2 aromatic heterocycles. The molecule has 296 valence electrons. The van der Waals surface area contributed by atoms with Gasteiger partial charge < -0.3 is 9.64 Å². The van der Waals surface area contributed by atoms with Gasteiger partial charge in [0.25, 0.3) is 9.84 Å². The smallest absolute Gasteiger partial charge is 0.490 e.